The molecule has 2 rings (SSSR count). The largest absolute Gasteiger partial charge is 0.493 e. The number of hydrogen-bond acceptors (Lipinski definition) is 4. The zero-order valence-electron chi connectivity index (χ0n) is 15.6. The number of aldehydes is 1. The first-order chi connectivity index (χ1) is 12.5. The van der Waals surface area contributed by atoms with Crippen molar-refractivity contribution in [3.05, 3.63) is 29.3 Å². The Hall–Kier alpha value is -2.25. The summed E-state index contributed by atoms with van der Waals surface area (Å²) in [4.78, 5) is 24.4. The maximum Gasteiger partial charge on any atom is 0.417 e. The zero-order chi connectivity index (χ0) is 20.2. The number of benzene rings is 1. The first-order valence-electron chi connectivity index (χ1n) is 8.77. The third-order valence-corrected chi connectivity index (χ3v) is 4.21. The molecule has 150 valence electrons. The summed E-state index contributed by atoms with van der Waals surface area (Å²) in [6, 6.07) is 3.31. The highest BCUT2D eigenvalue weighted by Gasteiger charge is 2.34. The van der Waals surface area contributed by atoms with Gasteiger partial charge in [-0.25, -0.2) is 4.79 Å². The molecular weight excluding hydrogens is 363 g/mol. The molecular formula is C19H24F3NO4. The van der Waals surface area contributed by atoms with Gasteiger partial charge < -0.3 is 14.4 Å². The minimum Gasteiger partial charge on any atom is -0.493 e. The highest BCUT2D eigenvalue weighted by molar-refractivity contribution is 5.78. The molecule has 0 aromatic heterocycles. The molecule has 8 heteroatoms. The lowest BCUT2D eigenvalue weighted by Crippen LogP contribution is -2.42. The molecule has 1 heterocycles. The molecule has 0 atom stereocenters. The van der Waals surface area contributed by atoms with Crippen LogP contribution < -0.4 is 4.74 Å². The second kappa shape index (κ2) is 8.19. The number of rotatable bonds is 4. The quantitative estimate of drug-likeness (QED) is 0.712. The van der Waals surface area contributed by atoms with Gasteiger partial charge in [-0.1, -0.05) is 0 Å². The Labute approximate surface area is 156 Å². The molecule has 0 saturated carbocycles. The third kappa shape index (κ3) is 6.15. The van der Waals surface area contributed by atoms with Crippen LogP contribution in [0.2, 0.25) is 0 Å². The van der Waals surface area contributed by atoms with Crippen LogP contribution in [0.1, 0.15) is 49.5 Å². The van der Waals surface area contributed by atoms with E-state index in [1.165, 1.54) is 6.07 Å². The molecule has 0 unspecified atom stereocenters. The number of nitrogens with zero attached hydrogens (tertiary/aromatic N) is 1. The maximum atomic E-state index is 13.0. The monoisotopic (exact) mass is 387 g/mol. The molecule has 1 saturated heterocycles. The molecule has 0 radical (unpaired) electrons. The second-order valence-corrected chi connectivity index (χ2v) is 7.59. The van der Waals surface area contributed by atoms with E-state index in [4.69, 9.17) is 9.47 Å². The SMILES string of the molecule is CC(C)(C)OC(=O)N1CCC(COc2ccc(C=O)c(C(F)(F)F)c2)CC1. The number of hydrogen-bond donors (Lipinski definition) is 0. The number of piperidine rings is 1. The van der Waals surface area contributed by atoms with Gasteiger partial charge in [-0.15, -0.1) is 0 Å². The van der Waals surface area contributed by atoms with Crippen molar-refractivity contribution in [2.75, 3.05) is 19.7 Å². The number of alkyl halides is 3. The summed E-state index contributed by atoms with van der Waals surface area (Å²) in [5, 5.41) is 0. The smallest absolute Gasteiger partial charge is 0.417 e. The van der Waals surface area contributed by atoms with E-state index in [2.05, 4.69) is 0 Å². The molecule has 0 spiro atoms. The van der Waals surface area contributed by atoms with Crippen LogP contribution in [0, 0.1) is 5.92 Å². The van der Waals surface area contributed by atoms with Gasteiger partial charge in [-0.3, -0.25) is 4.79 Å². The highest BCUT2D eigenvalue weighted by Crippen LogP contribution is 2.34. The standard InChI is InChI=1S/C19H24F3NO4/c1-18(2,3)27-17(25)23-8-6-13(7-9-23)12-26-15-5-4-14(11-24)16(10-15)19(20,21)22/h4-5,10-11,13H,6-9,12H2,1-3H3. The average Bonchev–Trinajstić information content (AvgIpc) is 2.58. The predicted molar refractivity (Wildman–Crippen MR) is 92.9 cm³/mol. The Morgan fingerprint density at radius 1 is 1.22 bits per heavy atom. The lowest BCUT2D eigenvalue weighted by Gasteiger charge is -2.33. The van der Waals surface area contributed by atoms with Gasteiger partial charge in [0.25, 0.3) is 0 Å². The van der Waals surface area contributed by atoms with E-state index >= 15 is 0 Å². The molecule has 1 amide bonds. The molecule has 0 aliphatic carbocycles. The lowest BCUT2D eigenvalue weighted by atomic mass is 9.98. The van der Waals surface area contributed by atoms with Crippen molar-refractivity contribution in [1.29, 1.82) is 0 Å². The summed E-state index contributed by atoms with van der Waals surface area (Å²) in [6.07, 6.45) is -3.44. The van der Waals surface area contributed by atoms with Crippen molar-refractivity contribution >= 4 is 12.4 Å². The Kier molecular flexibility index (Phi) is 6.38. The fraction of sp³-hybridized carbons (Fsp3) is 0.579. The molecule has 0 bridgehead atoms. The topological polar surface area (TPSA) is 55.8 Å². The third-order valence-electron chi connectivity index (χ3n) is 4.21. The Balaban J connectivity index is 1.88. The van der Waals surface area contributed by atoms with E-state index in [1.54, 1.807) is 25.7 Å². The van der Waals surface area contributed by atoms with Crippen molar-refractivity contribution in [3.63, 3.8) is 0 Å². The minimum absolute atomic E-state index is 0.0718. The van der Waals surface area contributed by atoms with Gasteiger partial charge in [0.15, 0.2) is 6.29 Å². The van der Waals surface area contributed by atoms with Crippen LogP contribution in [-0.2, 0) is 10.9 Å². The maximum absolute atomic E-state index is 13.0. The van der Waals surface area contributed by atoms with Gasteiger partial charge >= 0.3 is 12.3 Å². The number of carbonyl (C=O) groups is 2. The first-order valence-corrected chi connectivity index (χ1v) is 8.77. The number of halogens is 3. The van der Waals surface area contributed by atoms with Gasteiger partial charge in [0.1, 0.15) is 11.4 Å². The lowest BCUT2D eigenvalue weighted by molar-refractivity contribution is -0.137. The van der Waals surface area contributed by atoms with Crippen molar-refractivity contribution < 1.29 is 32.2 Å². The zero-order valence-corrected chi connectivity index (χ0v) is 15.6. The molecule has 27 heavy (non-hydrogen) atoms. The Bertz CT molecular complexity index is 675. The van der Waals surface area contributed by atoms with Crippen molar-refractivity contribution in [2.45, 2.75) is 45.4 Å². The van der Waals surface area contributed by atoms with E-state index < -0.39 is 22.9 Å². The van der Waals surface area contributed by atoms with Gasteiger partial charge in [-0.2, -0.15) is 13.2 Å². The van der Waals surface area contributed by atoms with Crippen LogP contribution in [0.3, 0.4) is 0 Å². The molecule has 1 aromatic rings. The first kappa shape index (κ1) is 21.1. The molecule has 0 N–H and O–H groups in total. The number of ether oxygens (including phenoxy) is 2. The van der Waals surface area contributed by atoms with Crippen LogP contribution in [0.25, 0.3) is 0 Å². The van der Waals surface area contributed by atoms with E-state index in [0.717, 1.165) is 12.1 Å². The van der Waals surface area contributed by atoms with E-state index in [0.29, 0.717) is 25.9 Å². The summed E-state index contributed by atoms with van der Waals surface area (Å²) in [7, 11) is 0. The Morgan fingerprint density at radius 3 is 2.37 bits per heavy atom. The van der Waals surface area contributed by atoms with Gasteiger partial charge in [0, 0.05) is 18.7 Å². The summed E-state index contributed by atoms with van der Waals surface area (Å²) in [5.41, 5.74) is -1.98. The van der Waals surface area contributed by atoms with E-state index in [1.807, 2.05) is 0 Å². The van der Waals surface area contributed by atoms with Crippen molar-refractivity contribution in [2.24, 2.45) is 5.92 Å². The summed E-state index contributed by atoms with van der Waals surface area (Å²) < 4.78 is 49.8. The molecule has 1 aromatic carbocycles. The number of carbonyl (C=O) groups excluding carboxylic acids is 2. The van der Waals surface area contributed by atoms with Crippen molar-refractivity contribution in [1.82, 2.24) is 4.90 Å². The van der Waals surface area contributed by atoms with Crippen LogP contribution >= 0.6 is 0 Å². The number of amides is 1. The molecule has 1 aliphatic heterocycles. The van der Waals surface area contributed by atoms with Crippen LogP contribution in [0.15, 0.2) is 18.2 Å². The van der Waals surface area contributed by atoms with E-state index in [-0.39, 0.29) is 30.7 Å². The second-order valence-electron chi connectivity index (χ2n) is 7.59. The van der Waals surface area contributed by atoms with Crippen LogP contribution in [-0.4, -0.2) is 42.6 Å². The minimum atomic E-state index is -4.62. The fourth-order valence-corrected chi connectivity index (χ4v) is 2.80. The fourth-order valence-electron chi connectivity index (χ4n) is 2.80. The number of likely N-dealkylation sites (tertiary alicyclic amines) is 1. The summed E-state index contributed by atoms with van der Waals surface area (Å²) in [5.74, 6) is 0.200. The normalized spacial score (nSPS) is 16.1. The molecule has 1 aliphatic rings. The predicted octanol–water partition coefficient (Wildman–Crippen LogP) is 4.54. The van der Waals surface area contributed by atoms with E-state index in [9.17, 15) is 22.8 Å². The highest BCUT2D eigenvalue weighted by atomic mass is 19.4. The average molecular weight is 387 g/mol. The van der Waals surface area contributed by atoms with Gasteiger partial charge in [0.2, 0.25) is 0 Å². The molecule has 5 nitrogen and oxygen atoms in total. The van der Waals surface area contributed by atoms with Gasteiger partial charge in [-0.05, 0) is 57.7 Å². The summed E-state index contributed by atoms with van der Waals surface area (Å²) in [6.45, 7) is 6.69. The van der Waals surface area contributed by atoms with Crippen LogP contribution in [0.4, 0.5) is 18.0 Å². The Morgan fingerprint density at radius 2 is 1.85 bits per heavy atom. The van der Waals surface area contributed by atoms with Crippen LogP contribution in [0.5, 0.6) is 5.75 Å². The van der Waals surface area contributed by atoms with Crippen molar-refractivity contribution in [3.8, 4) is 5.75 Å². The van der Waals surface area contributed by atoms with Gasteiger partial charge in [0.05, 0.1) is 12.2 Å². The summed E-state index contributed by atoms with van der Waals surface area (Å²) >= 11 is 0. The molecule has 1 fully saturated rings.